The monoisotopic (exact) mass is 664 g/mol. The van der Waals surface area contributed by atoms with Gasteiger partial charge in [-0.25, -0.2) is 4.98 Å². The molecule has 0 amide bonds. The summed E-state index contributed by atoms with van der Waals surface area (Å²) in [5, 5.41) is 10.7. The van der Waals surface area contributed by atoms with Gasteiger partial charge in [0, 0.05) is 11.6 Å². The highest BCUT2D eigenvalue weighted by Gasteiger charge is 2.34. The molecule has 0 bridgehead atoms. The first kappa shape index (κ1) is 37.8. The van der Waals surface area contributed by atoms with Crippen molar-refractivity contribution in [1.82, 2.24) is 4.98 Å². The van der Waals surface area contributed by atoms with Gasteiger partial charge in [-0.1, -0.05) is 84.0 Å². The molecule has 0 fully saturated rings. The predicted molar refractivity (Wildman–Crippen MR) is 185 cm³/mol. The maximum Gasteiger partial charge on any atom is 0.573 e. The molecule has 9 heteroatoms. The third-order valence-corrected chi connectivity index (χ3v) is 10.3. The Morgan fingerprint density at radius 3 is 2.17 bits per heavy atom. The van der Waals surface area contributed by atoms with Crippen LogP contribution in [-0.2, 0) is 6.42 Å². The molecule has 0 aliphatic carbocycles. The van der Waals surface area contributed by atoms with Gasteiger partial charge in [0.15, 0.2) is 5.13 Å². The minimum atomic E-state index is -4.68. The fourth-order valence-corrected chi connectivity index (χ4v) is 7.16. The number of phenolic OH excluding ortho intramolecular Hbond substituents is 1. The summed E-state index contributed by atoms with van der Waals surface area (Å²) in [6.45, 7) is 17.9. The Morgan fingerprint density at radius 1 is 0.957 bits per heavy atom. The van der Waals surface area contributed by atoms with Crippen molar-refractivity contribution in [3.8, 4) is 17.2 Å². The fraction of sp³-hybridized carbons (Fsp3) is 0.649. The lowest BCUT2D eigenvalue weighted by Gasteiger charge is -2.38. The number of thiazole rings is 1. The van der Waals surface area contributed by atoms with Gasteiger partial charge in [-0.05, 0) is 100.0 Å². The molecule has 4 rings (SSSR count). The van der Waals surface area contributed by atoms with Gasteiger partial charge in [-0.15, -0.1) is 13.2 Å². The van der Waals surface area contributed by atoms with Gasteiger partial charge in [0.05, 0.1) is 10.2 Å². The second-order valence-corrected chi connectivity index (χ2v) is 15.2. The van der Waals surface area contributed by atoms with Crippen molar-refractivity contribution in [2.24, 2.45) is 17.8 Å². The third-order valence-electron chi connectivity index (χ3n) is 9.48. The molecule has 0 unspecified atom stereocenters. The smallest absolute Gasteiger partial charge is 0.507 e. The second kappa shape index (κ2) is 16.4. The van der Waals surface area contributed by atoms with Gasteiger partial charge < -0.3 is 20.3 Å². The van der Waals surface area contributed by atoms with Crippen molar-refractivity contribution < 1.29 is 27.8 Å². The number of nitrogens with two attached hydrogens (primary N) is 1. The van der Waals surface area contributed by atoms with Crippen molar-refractivity contribution >= 4 is 26.7 Å². The normalized spacial score (nSPS) is 17.7. The highest BCUT2D eigenvalue weighted by Crippen LogP contribution is 2.44. The fourth-order valence-electron chi connectivity index (χ4n) is 6.39. The number of aromatic hydroxyl groups is 1. The molecule has 5 nitrogen and oxygen atoms in total. The number of anilines is 1. The van der Waals surface area contributed by atoms with Crippen LogP contribution in [0.15, 0.2) is 18.2 Å². The lowest BCUT2D eigenvalue weighted by atomic mass is 9.84. The molecule has 3 N–H and O–H groups in total. The number of phenols is 1. The Kier molecular flexibility index (Phi) is 13.5. The molecule has 0 spiro atoms. The number of nitrogen functional groups attached to an aromatic ring is 1. The van der Waals surface area contributed by atoms with Crippen LogP contribution in [0.1, 0.15) is 121 Å². The van der Waals surface area contributed by atoms with E-state index in [9.17, 15) is 18.3 Å². The zero-order valence-electron chi connectivity index (χ0n) is 29.1. The number of alkyl halides is 3. The van der Waals surface area contributed by atoms with E-state index in [1.807, 2.05) is 13.8 Å². The van der Waals surface area contributed by atoms with E-state index in [2.05, 4.69) is 51.3 Å². The summed E-state index contributed by atoms with van der Waals surface area (Å²) in [7, 11) is 0. The number of hydrogen-bond donors (Lipinski definition) is 2. The van der Waals surface area contributed by atoms with Crippen LogP contribution in [0.3, 0.4) is 0 Å². The zero-order chi connectivity index (χ0) is 34.2. The molecular formula is C37H55F3N2O3S. The molecule has 0 radical (unpaired) electrons. The van der Waals surface area contributed by atoms with Crippen molar-refractivity contribution in [2.45, 2.75) is 138 Å². The molecule has 1 aromatic heterocycles. The summed E-state index contributed by atoms with van der Waals surface area (Å²) in [5.41, 5.74) is 10.2. The van der Waals surface area contributed by atoms with E-state index >= 15 is 0 Å². The van der Waals surface area contributed by atoms with E-state index in [4.69, 9.17) is 10.5 Å². The highest BCUT2D eigenvalue weighted by molar-refractivity contribution is 7.22. The molecule has 0 saturated heterocycles. The number of aromatic nitrogens is 1. The van der Waals surface area contributed by atoms with E-state index in [1.165, 1.54) is 75.1 Å². The maximum atomic E-state index is 11.9. The van der Waals surface area contributed by atoms with Crippen LogP contribution < -0.4 is 15.2 Å². The summed E-state index contributed by atoms with van der Waals surface area (Å²) in [6, 6.07) is 3.90. The Morgan fingerprint density at radius 2 is 1.57 bits per heavy atom. The van der Waals surface area contributed by atoms with Gasteiger partial charge in [-0.3, -0.25) is 0 Å². The standard InChI is InChI=1S/C29H50O2.C8H5F3N2OS/c1-20(2)12-9-13-21(3)14-10-15-22(4)16-11-18-29(8)19-17-26-25(7)27(30)23(5)24(6)28(26)31-29;9-8(10,11)14-4-1-2-5-6(3-4)15-7(12)13-5/h20-22,30H,9-19H2,1-8H3;1-3H,(H2,12,13)/t21-,22-,29-;/m1./s1. The average Bonchev–Trinajstić information content (AvgIpc) is 3.33. The van der Waals surface area contributed by atoms with E-state index in [-0.39, 0.29) is 11.4 Å². The molecule has 2 aromatic carbocycles. The Labute approximate surface area is 278 Å². The van der Waals surface area contributed by atoms with Gasteiger partial charge in [0.1, 0.15) is 22.8 Å². The lowest BCUT2D eigenvalue weighted by Crippen LogP contribution is -2.37. The number of nitrogens with zero attached hydrogens (tertiary/aromatic N) is 1. The summed E-state index contributed by atoms with van der Waals surface area (Å²) >= 11 is 1.11. The number of rotatable bonds is 13. The number of hydrogen-bond acceptors (Lipinski definition) is 6. The minimum Gasteiger partial charge on any atom is -0.507 e. The van der Waals surface area contributed by atoms with Crippen LogP contribution in [0.4, 0.5) is 18.3 Å². The summed E-state index contributed by atoms with van der Waals surface area (Å²) < 4.78 is 46.6. The van der Waals surface area contributed by atoms with Gasteiger partial charge in [-0.2, -0.15) is 0 Å². The molecule has 0 saturated carbocycles. The molecular weight excluding hydrogens is 609 g/mol. The topological polar surface area (TPSA) is 77.6 Å². The SMILES string of the molecule is Cc1c(C)c2c(c(C)c1O)CC[C@@](C)(CCC[C@H](C)CCC[C@H](C)CCCC(C)C)O2.Nc1nc2ccc(OC(F)(F)F)cc2s1. The molecule has 258 valence electrons. The van der Waals surface area contributed by atoms with Gasteiger partial charge >= 0.3 is 6.36 Å². The van der Waals surface area contributed by atoms with Crippen molar-refractivity contribution in [1.29, 1.82) is 0 Å². The average molecular weight is 665 g/mol. The van der Waals surface area contributed by atoms with E-state index < -0.39 is 6.36 Å². The summed E-state index contributed by atoms with van der Waals surface area (Å²) in [6.07, 6.45) is 9.38. The van der Waals surface area contributed by atoms with Crippen LogP contribution in [0.5, 0.6) is 17.2 Å². The van der Waals surface area contributed by atoms with Crippen LogP contribution in [0.25, 0.3) is 10.2 Å². The number of fused-ring (bicyclic) bond motifs is 2. The third kappa shape index (κ3) is 11.2. The van der Waals surface area contributed by atoms with Gasteiger partial charge in [0.2, 0.25) is 0 Å². The highest BCUT2D eigenvalue weighted by atomic mass is 32.1. The van der Waals surface area contributed by atoms with Crippen LogP contribution in [-0.4, -0.2) is 22.1 Å². The largest absolute Gasteiger partial charge is 0.573 e. The van der Waals surface area contributed by atoms with Gasteiger partial charge in [0.25, 0.3) is 0 Å². The minimum absolute atomic E-state index is 0.0712. The Bertz CT molecular complexity index is 1420. The van der Waals surface area contributed by atoms with Crippen molar-refractivity contribution in [3.05, 3.63) is 40.5 Å². The van der Waals surface area contributed by atoms with E-state index in [1.54, 1.807) is 0 Å². The molecule has 3 atom stereocenters. The number of benzene rings is 2. The lowest BCUT2D eigenvalue weighted by molar-refractivity contribution is -0.274. The molecule has 3 aromatic rings. The Hall–Kier alpha value is -2.68. The molecule has 46 heavy (non-hydrogen) atoms. The quantitative estimate of drug-likeness (QED) is 0.190. The molecule has 1 aliphatic rings. The first-order chi connectivity index (χ1) is 21.5. The van der Waals surface area contributed by atoms with Crippen LogP contribution >= 0.6 is 11.3 Å². The first-order valence-corrected chi connectivity index (χ1v) is 17.7. The maximum absolute atomic E-state index is 11.9. The number of halogens is 3. The van der Waals surface area contributed by atoms with Crippen LogP contribution in [0.2, 0.25) is 0 Å². The second-order valence-electron chi connectivity index (χ2n) is 14.2. The zero-order valence-corrected chi connectivity index (χ0v) is 29.9. The number of ether oxygens (including phenoxy) is 2. The predicted octanol–water partition coefficient (Wildman–Crippen LogP) is 11.6. The summed E-state index contributed by atoms with van der Waals surface area (Å²) in [5.74, 6) is 3.77. The first-order valence-electron chi connectivity index (χ1n) is 16.9. The van der Waals surface area contributed by atoms with Crippen molar-refractivity contribution in [2.75, 3.05) is 5.73 Å². The van der Waals surface area contributed by atoms with E-state index in [0.717, 1.165) is 70.8 Å². The van der Waals surface area contributed by atoms with Crippen LogP contribution in [0, 0.1) is 38.5 Å². The molecule has 2 heterocycles. The van der Waals surface area contributed by atoms with E-state index in [0.29, 0.717) is 21.1 Å². The Balaban J connectivity index is 0.000000318. The molecule has 1 aliphatic heterocycles. The summed E-state index contributed by atoms with van der Waals surface area (Å²) in [4.78, 5) is 3.91. The van der Waals surface area contributed by atoms with Crippen molar-refractivity contribution in [3.63, 3.8) is 0 Å².